The third-order valence-corrected chi connectivity index (χ3v) is 3.73. The molecule has 1 saturated heterocycles. The van der Waals surface area contributed by atoms with E-state index in [1.165, 1.54) is 0 Å². The van der Waals surface area contributed by atoms with E-state index in [9.17, 15) is 4.79 Å². The van der Waals surface area contributed by atoms with Crippen molar-refractivity contribution in [2.24, 2.45) is 0 Å². The van der Waals surface area contributed by atoms with Crippen LogP contribution in [0.4, 0.5) is 0 Å². The fourth-order valence-electron chi connectivity index (χ4n) is 1.99. The molecule has 2 heterocycles. The largest absolute Gasteiger partial charge is 0.377 e. The number of nitrogens with zero attached hydrogens (tertiary/aromatic N) is 2. The van der Waals surface area contributed by atoms with Crippen molar-refractivity contribution in [1.29, 1.82) is 0 Å². The van der Waals surface area contributed by atoms with Crippen LogP contribution in [0.1, 0.15) is 23.7 Å². The summed E-state index contributed by atoms with van der Waals surface area (Å²) in [7, 11) is 0. The van der Waals surface area contributed by atoms with Crippen molar-refractivity contribution in [3.05, 3.63) is 27.5 Å². The number of hydrogen-bond donors (Lipinski definition) is 0. The molecule has 1 amide bonds. The van der Waals surface area contributed by atoms with E-state index in [0.717, 1.165) is 10.9 Å². The fraction of sp³-hybridized carbons (Fsp3) is 0.500. The van der Waals surface area contributed by atoms with Crippen molar-refractivity contribution in [2.45, 2.75) is 19.4 Å². The lowest BCUT2D eigenvalue weighted by atomic mass is 10.1. The molecule has 0 aliphatic carbocycles. The SMILES string of the molecule is CCC1COCCN1C(=O)c1cc(Br)cnc1Cl. The summed E-state index contributed by atoms with van der Waals surface area (Å²) < 4.78 is 6.14. The van der Waals surface area contributed by atoms with Gasteiger partial charge in [-0.05, 0) is 28.4 Å². The number of rotatable bonds is 2. The first-order valence-electron chi connectivity index (χ1n) is 5.83. The topological polar surface area (TPSA) is 42.4 Å². The smallest absolute Gasteiger partial charge is 0.257 e. The molecule has 0 spiro atoms. The Balaban J connectivity index is 2.26. The first-order valence-corrected chi connectivity index (χ1v) is 7.00. The average Bonchev–Trinajstić information content (AvgIpc) is 2.40. The van der Waals surface area contributed by atoms with Crippen molar-refractivity contribution in [1.82, 2.24) is 9.88 Å². The normalized spacial score (nSPS) is 19.9. The first-order chi connectivity index (χ1) is 8.63. The molecule has 1 aromatic heterocycles. The standard InChI is InChI=1S/C12H14BrClN2O2/c1-2-9-7-18-4-3-16(9)12(17)10-5-8(13)6-15-11(10)14/h5-6,9H,2-4,7H2,1H3. The molecule has 2 rings (SSSR count). The average molecular weight is 334 g/mol. The number of amides is 1. The Hall–Kier alpha value is -0.650. The summed E-state index contributed by atoms with van der Waals surface area (Å²) >= 11 is 9.29. The van der Waals surface area contributed by atoms with E-state index in [0.29, 0.717) is 25.3 Å². The Morgan fingerprint density at radius 3 is 3.22 bits per heavy atom. The highest BCUT2D eigenvalue weighted by molar-refractivity contribution is 9.10. The molecule has 98 valence electrons. The summed E-state index contributed by atoms with van der Waals surface area (Å²) in [4.78, 5) is 18.3. The van der Waals surface area contributed by atoms with Gasteiger partial charge < -0.3 is 9.64 Å². The zero-order valence-corrected chi connectivity index (χ0v) is 12.4. The predicted octanol–water partition coefficient (Wildman–Crippen LogP) is 2.75. The molecule has 0 radical (unpaired) electrons. The number of hydrogen-bond acceptors (Lipinski definition) is 3. The molecule has 1 aromatic rings. The minimum Gasteiger partial charge on any atom is -0.377 e. The zero-order chi connectivity index (χ0) is 13.1. The number of carbonyl (C=O) groups excluding carboxylic acids is 1. The van der Waals surface area contributed by atoms with Crippen LogP contribution >= 0.6 is 27.5 Å². The molecule has 0 N–H and O–H groups in total. The highest BCUT2D eigenvalue weighted by Gasteiger charge is 2.28. The number of pyridine rings is 1. The molecule has 1 atom stereocenters. The predicted molar refractivity (Wildman–Crippen MR) is 72.9 cm³/mol. The van der Waals surface area contributed by atoms with Gasteiger partial charge >= 0.3 is 0 Å². The number of aromatic nitrogens is 1. The Labute approximate surface area is 119 Å². The molecule has 0 saturated carbocycles. The molecule has 0 bridgehead atoms. The van der Waals surface area contributed by atoms with Gasteiger partial charge in [0.25, 0.3) is 5.91 Å². The van der Waals surface area contributed by atoms with Crippen LogP contribution in [-0.2, 0) is 4.74 Å². The van der Waals surface area contributed by atoms with Gasteiger partial charge in [-0.2, -0.15) is 0 Å². The van der Waals surface area contributed by atoms with E-state index in [2.05, 4.69) is 20.9 Å². The fourth-order valence-corrected chi connectivity index (χ4v) is 2.50. The third-order valence-electron chi connectivity index (χ3n) is 3.00. The summed E-state index contributed by atoms with van der Waals surface area (Å²) in [5, 5.41) is 0.240. The van der Waals surface area contributed by atoms with E-state index < -0.39 is 0 Å². The van der Waals surface area contributed by atoms with Gasteiger partial charge in [-0.25, -0.2) is 4.98 Å². The van der Waals surface area contributed by atoms with Crippen molar-refractivity contribution in [3.8, 4) is 0 Å². The summed E-state index contributed by atoms with van der Waals surface area (Å²) in [6, 6.07) is 1.82. The Bertz CT molecular complexity index is 456. The number of morpholine rings is 1. The van der Waals surface area contributed by atoms with Gasteiger partial charge in [-0.15, -0.1) is 0 Å². The van der Waals surface area contributed by atoms with Crippen LogP contribution in [-0.4, -0.2) is 41.6 Å². The van der Waals surface area contributed by atoms with E-state index in [1.807, 2.05) is 11.8 Å². The van der Waals surface area contributed by atoms with Crippen LogP contribution in [0.2, 0.25) is 5.15 Å². The maximum absolute atomic E-state index is 12.5. The lowest BCUT2D eigenvalue weighted by molar-refractivity contribution is -0.00281. The van der Waals surface area contributed by atoms with Crippen molar-refractivity contribution >= 4 is 33.4 Å². The van der Waals surface area contributed by atoms with Gasteiger partial charge in [0.2, 0.25) is 0 Å². The first kappa shape index (κ1) is 13.8. The summed E-state index contributed by atoms with van der Waals surface area (Å²) in [6.45, 7) is 3.79. The van der Waals surface area contributed by atoms with Crippen LogP contribution in [0.5, 0.6) is 0 Å². The molecule has 4 nitrogen and oxygen atoms in total. The van der Waals surface area contributed by atoms with Gasteiger partial charge in [-0.1, -0.05) is 18.5 Å². The Kier molecular flexibility index (Phi) is 4.59. The quantitative estimate of drug-likeness (QED) is 0.782. The highest BCUT2D eigenvalue weighted by atomic mass is 79.9. The lowest BCUT2D eigenvalue weighted by Crippen LogP contribution is -2.48. The minimum absolute atomic E-state index is 0.0797. The summed E-state index contributed by atoms with van der Waals surface area (Å²) in [5.41, 5.74) is 0.436. The van der Waals surface area contributed by atoms with Crippen molar-refractivity contribution in [3.63, 3.8) is 0 Å². The van der Waals surface area contributed by atoms with Gasteiger partial charge in [0.15, 0.2) is 0 Å². The Morgan fingerprint density at radius 1 is 1.72 bits per heavy atom. The van der Waals surface area contributed by atoms with Crippen LogP contribution in [0, 0.1) is 0 Å². The maximum atomic E-state index is 12.5. The molecule has 1 unspecified atom stereocenters. The van der Waals surface area contributed by atoms with Gasteiger partial charge in [0.05, 0.1) is 24.8 Å². The molecule has 1 aliphatic rings. The third kappa shape index (κ3) is 2.84. The van der Waals surface area contributed by atoms with Crippen LogP contribution in [0.25, 0.3) is 0 Å². The van der Waals surface area contributed by atoms with Gasteiger partial charge in [-0.3, -0.25) is 4.79 Å². The van der Waals surface area contributed by atoms with Crippen molar-refractivity contribution < 1.29 is 9.53 Å². The number of carbonyl (C=O) groups is 1. The van der Waals surface area contributed by atoms with E-state index >= 15 is 0 Å². The Morgan fingerprint density at radius 2 is 2.50 bits per heavy atom. The summed E-state index contributed by atoms with van der Waals surface area (Å²) in [5.74, 6) is -0.0797. The molecule has 1 fully saturated rings. The molecule has 6 heteroatoms. The molecule has 0 aromatic carbocycles. The van der Waals surface area contributed by atoms with Crippen molar-refractivity contribution in [2.75, 3.05) is 19.8 Å². The van der Waals surface area contributed by atoms with E-state index in [4.69, 9.17) is 16.3 Å². The molecule has 1 aliphatic heterocycles. The lowest BCUT2D eigenvalue weighted by Gasteiger charge is -2.35. The molecular formula is C12H14BrClN2O2. The van der Waals surface area contributed by atoms with Gasteiger partial charge in [0.1, 0.15) is 5.15 Å². The summed E-state index contributed by atoms with van der Waals surface area (Å²) in [6.07, 6.45) is 2.44. The molecule has 18 heavy (non-hydrogen) atoms. The van der Waals surface area contributed by atoms with E-state index in [1.54, 1.807) is 12.3 Å². The molecular weight excluding hydrogens is 320 g/mol. The minimum atomic E-state index is -0.0797. The second-order valence-electron chi connectivity index (χ2n) is 4.13. The van der Waals surface area contributed by atoms with Gasteiger partial charge in [0, 0.05) is 17.2 Å². The van der Waals surface area contributed by atoms with Crippen LogP contribution < -0.4 is 0 Å². The zero-order valence-electron chi connectivity index (χ0n) is 10.0. The highest BCUT2D eigenvalue weighted by Crippen LogP contribution is 2.22. The monoisotopic (exact) mass is 332 g/mol. The number of halogens is 2. The van der Waals surface area contributed by atoms with Crippen LogP contribution in [0.3, 0.4) is 0 Å². The van der Waals surface area contributed by atoms with Crippen LogP contribution in [0.15, 0.2) is 16.7 Å². The second-order valence-corrected chi connectivity index (χ2v) is 5.40. The van der Waals surface area contributed by atoms with E-state index in [-0.39, 0.29) is 17.1 Å². The maximum Gasteiger partial charge on any atom is 0.257 e. The second kappa shape index (κ2) is 5.99. The number of ether oxygens (including phenoxy) is 1.